The van der Waals surface area contributed by atoms with Crippen LogP contribution in [0.5, 0.6) is 0 Å². The molecule has 10 heavy (non-hydrogen) atoms. The first-order valence-electron chi connectivity index (χ1n) is 3.52. The molecular weight excluding hydrogens is 318 g/mol. The van der Waals surface area contributed by atoms with Crippen LogP contribution in [0.1, 0.15) is 20.3 Å². The zero-order valence-corrected chi connectivity index (χ0v) is 11.0. The summed E-state index contributed by atoms with van der Waals surface area (Å²) in [4.78, 5) is 10.5. The van der Waals surface area contributed by atoms with Crippen molar-refractivity contribution in [1.82, 2.24) is 2.71 Å². The van der Waals surface area contributed by atoms with Gasteiger partial charge in [0, 0.05) is 0 Å². The molecule has 0 aromatic carbocycles. The van der Waals surface area contributed by atoms with Crippen molar-refractivity contribution in [1.29, 1.82) is 0 Å². The number of carbonyl (C=O) groups is 1. The average Bonchev–Trinajstić information content (AvgIpc) is 2.05. The number of hydrogen-bond acceptors (Lipinski definition) is 2. The van der Waals surface area contributed by atoms with Crippen LogP contribution in [-0.2, 0) is 4.79 Å². The average molecular weight is 331 g/mol. The van der Waals surface area contributed by atoms with E-state index in [2.05, 4.69) is 16.6 Å². The molecule has 2 nitrogen and oxygen atoms in total. The van der Waals surface area contributed by atoms with Crippen molar-refractivity contribution in [2.45, 2.75) is 26.3 Å². The van der Waals surface area contributed by atoms with Crippen molar-refractivity contribution in [3.05, 3.63) is 0 Å². The maximum absolute atomic E-state index is 10.5. The summed E-state index contributed by atoms with van der Waals surface area (Å²) >= 11 is 0.821. The molecule has 0 bridgehead atoms. The second kappa shape index (κ2) is 2.89. The topological polar surface area (TPSA) is 20.3 Å². The molecule has 0 unspecified atom stereocenters. The Labute approximate surface area is 78.1 Å². The molecule has 1 heterocycles. The molecule has 1 aliphatic heterocycles. The molecule has 0 aromatic rings. The Morgan fingerprint density at radius 2 is 2.30 bits per heavy atom. The van der Waals surface area contributed by atoms with Crippen LogP contribution < -0.4 is 0 Å². The summed E-state index contributed by atoms with van der Waals surface area (Å²) in [6, 6.07) is 0.236. The van der Waals surface area contributed by atoms with Gasteiger partial charge in [0.15, 0.2) is 0 Å². The van der Waals surface area contributed by atoms with Crippen LogP contribution in [-0.4, -0.2) is 47.6 Å². The van der Waals surface area contributed by atoms with Crippen LogP contribution in [0.4, 0.5) is 0 Å². The van der Waals surface area contributed by atoms with E-state index in [1.165, 1.54) is 0 Å². The zero-order chi connectivity index (χ0) is 7.78. The van der Waals surface area contributed by atoms with Gasteiger partial charge < -0.3 is 0 Å². The molecule has 0 saturated carbocycles. The van der Waals surface area contributed by atoms with Crippen LogP contribution in [0, 0.1) is 5.41 Å². The van der Waals surface area contributed by atoms with Crippen molar-refractivity contribution in [2.75, 3.05) is 6.54 Å². The summed E-state index contributed by atoms with van der Waals surface area (Å²) in [6.07, 6.45) is 2.14. The fourth-order valence-electron chi connectivity index (χ4n) is 1.49. The van der Waals surface area contributed by atoms with Gasteiger partial charge in [0.05, 0.1) is 0 Å². The monoisotopic (exact) mass is 331 g/mol. The van der Waals surface area contributed by atoms with E-state index < -0.39 is 0 Å². The molecule has 0 spiro atoms. The van der Waals surface area contributed by atoms with Crippen LogP contribution in [0.2, 0.25) is 0 Å². The molecule has 1 fully saturated rings. The molecule has 1 atom stereocenters. The van der Waals surface area contributed by atoms with Gasteiger partial charge in [0.1, 0.15) is 0 Å². The fourth-order valence-corrected chi connectivity index (χ4v) is 4.09. The van der Waals surface area contributed by atoms with Crippen LogP contribution >= 0.6 is 0 Å². The first kappa shape index (κ1) is 8.65. The molecule has 1 rings (SSSR count). The second-order valence-corrected chi connectivity index (χ2v) is 6.32. The van der Waals surface area contributed by atoms with Crippen molar-refractivity contribution in [3.63, 3.8) is 0 Å². The molecule has 0 radical (unpaired) electrons. The summed E-state index contributed by atoms with van der Waals surface area (Å²) in [5.41, 5.74) is 0.375. The van der Waals surface area contributed by atoms with Gasteiger partial charge in [-0.1, -0.05) is 0 Å². The van der Waals surface area contributed by atoms with Gasteiger partial charge in [-0.05, 0) is 0 Å². The van der Waals surface area contributed by atoms with E-state index in [0.29, 0.717) is 5.41 Å². The third-order valence-electron chi connectivity index (χ3n) is 1.96. The Morgan fingerprint density at radius 1 is 1.70 bits per heavy atom. The Balaban J connectivity index is 2.60. The molecule has 1 saturated heterocycles. The SMILES string of the molecule is CC1(C)C[C@@H](C=O)[N]([Tl])C1. The van der Waals surface area contributed by atoms with Gasteiger partial charge >= 0.3 is 78.1 Å². The quantitative estimate of drug-likeness (QED) is 0.511. The summed E-state index contributed by atoms with van der Waals surface area (Å²) in [6.45, 7) is 5.57. The van der Waals surface area contributed by atoms with Gasteiger partial charge in [0.25, 0.3) is 0 Å². The molecule has 1 aliphatic rings. The number of hydrogen-bond donors (Lipinski definition) is 0. The summed E-state index contributed by atoms with van der Waals surface area (Å²) < 4.78 is 2.28. The van der Waals surface area contributed by atoms with Crippen LogP contribution in [0.3, 0.4) is 0 Å². The summed E-state index contributed by atoms with van der Waals surface area (Å²) in [7, 11) is 0. The Hall–Kier alpha value is 0.552. The predicted octanol–water partition coefficient (Wildman–Crippen LogP) is 0.369. The van der Waals surface area contributed by atoms with Crippen molar-refractivity contribution in [2.24, 2.45) is 5.41 Å². The Morgan fingerprint density at radius 3 is 2.50 bits per heavy atom. The minimum atomic E-state index is 0.236. The van der Waals surface area contributed by atoms with Gasteiger partial charge in [-0.25, -0.2) is 0 Å². The van der Waals surface area contributed by atoms with Crippen LogP contribution in [0.15, 0.2) is 0 Å². The predicted molar refractivity (Wildman–Crippen MR) is 40.7 cm³/mol. The van der Waals surface area contributed by atoms with E-state index in [4.69, 9.17) is 0 Å². The molecular formula is C7H12NOTl. The van der Waals surface area contributed by atoms with E-state index >= 15 is 0 Å². The van der Waals surface area contributed by atoms with E-state index in [1.807, 2.05) is 0 Å². The first-order chi connectivity index (χ1) is 4.55. The Kier molecular flexibility index (Phi) is 2.50. The van der Waals surface area contributed by atoms with E-state index in [1.54, 1.807) is 0 Å². The zero-order valence-electron chi connectivity index (χ0n) is 6.50. The molecule has 3 heteroatoms. The minimum absolute atomic E-state index is 0.236. The van der Waals surface area contributed by atoms with Gasteiger partial charge in [-0.3, -0.25) is 0 Å². The molecule has 0 aliphatic carbocycles. The van der Waals surface area contributed by atoms with Gasteiger partial charge in [-0.15, -0.1) is 0 Å². The number of nitrogens with zero attached hydrogens (tertiary/aromatic N) is 1. The van der Waals surface area contributed by atoms with E-state index in [-0.39, 0.29) is 6.04 Å². The normalized spacial score (nSPS) is 32.3. The third kappa shape index (κ3) is 1.78. The summed E-state index contributed by atoms with van der Waals surface area (Å²) in [5, 5.41) is 0. The number of aldehydes is 1. The van der Waals surface area contributed by atoms with E-state index in [9.17, 15) is 4.79 Å². The van der Waals surface area contributed by atoms with E-state index in [0.717, 1.165) is 45.3 Å². The van der Waals surface area contributed by atoms with Crippen molar-refractivity contribution >= 4 is 32.4 Å². The molecule has 0 N–H and O–H groups in total. The second-order valence-electron chi connectivity index (χ2n) is 3.74. The standard InChI is InChI=1S/C7H12NO.Tl/c1-7(2)3-6(4-9)8-5-7;/h4,6H,3,5H2,1-2H3;/q-1;+1/t6-;/m0./s1. The maximum atomic E-state index is 10.5. The molecule has 0 amide bonds. The summed E-state index contributed by atoms with van der Waals surface area (Å²) in [5.74, 6) is 0. The van der Waals surface area contributed by atoms with Gasteiger partial charge in [-0.2, -0.15) is 0 Å². The van der Waals surface area contributed by atoms with Crippen molar-refractivity contribution in [3.8, 4) is 0 Å². The van der Waals surface area contributed by atoms with Crippen molar-refractivity contribution < 1.29 is 4.79 Å². The molecule has 0 aromatic heterocycles. The number of carbonyl (C=O) groups excluding carboxylic acids is 1. The molecule has 54 valence electrons. The Bertz CT molecular complexity index is 147. The number of rotatable bonds is 1. The third-order valence-corrected chi connectivity index (χ3v) is 4.15. The fraction of sp³-hybridized carbons (Fsp3) is 0.857. The van der Waals surface area contributed by atoms with Crippen LogP contribution in [0.25, 0.3) is 0 Å². The first-order valence-corrected chi connectivity index (χ1v) is 5.52. The van der Waals surface area contributed by atoms with Gasteiger partial charge in [0.2, 0.25) is 0 Å².